The summed E-state index contributed by atoms with van der Waals surface area (Å²) in [7, 11) is 4.17. The number of hydrogen-bond donors (Lipinski definition) is 4. The van der Waals surface area contributed by atoms with Crippen molar-refractivity contribution in [3.8, 4) is 0 Å². The number of rotatable bonds is 8. The second-order valence-electron chi connectivity index (χ2n) is 7.16. The van der Waals surface area contributed by atoms with E-state index in [1.807, 2.05) is 25.5 Å². The Morgan fingerprint density at radius 1 is 1.36 bits per heavy atom. The number of nitrogens with one attached hydrogen (secondary N) is 4. The molecule has 0 fully saturated rings. The second-order valence-corrected chi connectivity index (χ2v) is 8.07. The van der Waals surface area contributed by atoms with E-state index in [9.17, 15) is 0 Å². The van der Waals surface area contributed by atoms with Crippen molar-refractivity contribution in [2.45, 2.75) is 13.5 Å². The second kappa shape index (κ2) is 8.27. The van der Waals surface area contributed by atoms with E-state index in [1.54, 1.807) is 11.3 Å². The highest BCUT2D eigenvalue weighted by Crippen LogP contribution is 2.27. The Kier molecular flexibility index (Phi) is 5.58. The monoisotopic (exact) mass is 398 g/mol. The number of aryl methyl sites for hydroxylation is 1. The smallest absolute Gasteiger partial charge is 0.180 e. The van der Waals surface area contributed by atoms with E-state index in [0.29, 0.717) is 0 Å². The fourth-order valence-corrected chi connectivity index (χ4v) is 3.92. The summed E-state index contributed by atoms with van der Waals surface area (Å²) < 4.78 is 2.10. The summed E-state index contributed by atoms with van der Waals surface area (Å²) in [5.41, 5.74) is 11.4. The Labute approximate surface area is 168 Å². The van der Waals surface area contributed by atoms with Gasteiger partial charge in [0.2, 0.25) is 0 Å². The van der Waals surface area contributed by atoms with Gasteiger partial charge < -0.3 is 21.0 Å². The van der Waals surface area contributed by atoms with Crippen LogP contribution in [0.4, 0.5) is 10.8 Å². The van der Waals surface area contributed by atoms with E-state index in [-0.39, 0.29) is 0 Å². The molecule has 1 aliphatic heterocycles. The first kappa shape index (κ1) is 18.9. The van der Waals surface area contributed by atoms with Crippen LogP contribution in [-0.4, -0.2) is 53.0 Å². The third-order valence-electron chi connectivity index (χ3n) is 4.53. The van der Waals surface area contributed by atoms with Crippen LogP contribution in [0.15, 0.2) is 30.0 Å². The summed E-state index contributed by atoms with van der Waals surface area (Å²) >= 11 is 1.69. The molecule has 0 bridgehead atoms. The lowest BCUT2D eigenvalue weighted by atomic mass is 10.2. The first-order valence-electron chi connectivity index (χ1n) is 9.32. The molecule has 4 heterocycles. The molecule has 0 aromatic carbocycles. The molecule has 4 rings (SSSR count). The third-order valence-corrected chi connectivity index (χ3v) is 5.42. The Bertz CT molecular complexity index is 987. The molecule has 0 saturated carbocycles. The van der Waals surface area contributed by atoms with Gasteiger partial charge in [0.15, 0.2) is 11.5 Å². The number of hydrogen-bond acceptors (Lipinski definition) is 8. The highest BCUT2D eigenvalue weighted by Gasteiger charge is 2.15. The Morgan fingerprint density at radius 2 is 2.25 bits per heavy atom. The molecule has 0 radical (unpaired) electrons. The van der Waals surface area contributed by atoms with Crippen LogP contribution in [0, 0.1) is 6.92 Å². The lowest BCUT2D eigenvalue weighted by Crippen LogP contribution is -2.25. The van der Waals surface area contributed by atoms with E-state index in [1.165, 1.54) is 11.1 Å². The van der Waals surface area contributed by atoms with Crippen molar-refractivity contribution >= 4 is 33.4 Å². The topological polar surface area (TPSA) is 81.5 Å². The maximum absolute atomic E-state index is 4.68. The van der Waals surface area contributed by atoms with E-state index in [4.69, 9.17) is 0 Å². The average Bonchev–Trinajstić information content (AvgIpc) is 3.39. The van der Waals surface area contributed by atoms with Crippen molar-refractivity contribution in [1.29, 1.82) is 0 Å². The number of hydrazine groups is 1. The molecular formula is C19H26N8S. The molecule has 9 heteroatoms. The van der Waals surface area contributed by atoms with E-state index in [2.05, 4.69) is 66.3 Å². The number of likely N-dealkylation sites (N-methyl/N-ethyl adjacent to an activating group) is 1. The number of aromatic nitrogens is 3. The fraction of sp³-hybridized carbons (Fsp3) is 0.368. The molecule has 0 aliphatic carbocycles. The number of nitrogens with zero attached hydrogens (tertiary/aromatic N) is 4. The van der Waals surface area contributed by atoms with Crippen molar-refractivity contribution in [3.05, 3.63) is 47.0 Å². The van der Waals surface area contributed by atoms with Crippen LogP contribution in [0.25, 0.3) is 11.2 Å². The molecule has 148 valence electrons. The largest absolute Gasteiger partial charge is 0.329 e. The standard InChI is InChI=1S/C19H26N8S/c1-13-11-27-16(15-8-22-23-9-15)10-21-19(27)18(24-13)25-17-6-14(12-28-17)7-20-4-5-26(2)3/h6,8,10-12,20,22-23H,4-5,7,9H2,1-3H3,(H,24,25). The van der Waals surface area contributed by atoms with Crippen LogP contribution in [0.2, 0.25) is 0 Å². The van der Waals surface area contributed by atoms with Crippen molar-refractivity contribution in [1.82, 2.24) is 35.4 Å². The van der Waals surface area contributed by atoms with Crippen molar-refractivity contribution in [3.63, 3.8) is 0 Å². The van der Waals surface area contributed by atoms with Crippen LogP contribution in [-0.2, 0) is 6.54 Å². The molecule has 3 aromatic heterocycles. The SMILES string of the molecule is Cc1cn2c(C3=CNNC3)cnc2c(Nc2cc(CNCCN(C)C)cs2)n1. The average molecular weight is 399 g/mol. The molecule has 0 unspecified atom stereocenters. The third kappa shape index (κ3) is 4.17. The van der Waals surface area contributed by atoms with Gasteiger partial charge in [-0.15, -0.1) is 11.3 Å². The first-order chi connectivity index (χ1) is 13.6. The molecular weight excluding hydrogens is 372 g/mol. The van der Waals surface area contributed by atoms with Crippen LogP contribution >= 0.6 is 11.3 Å². The predicted octanol–water partition coefficient (Wildman–Crippen LogP) is 1.94. The van der Waals surface area contributed by atoms with Gasteiger partial charge in [-0.2, -0.15) is 0 Å². The van der Waals surface area contributed by atoms with Crippen LogP contribution in [0.1, 0.15) is 17.0 Å². The Morgan fingerprint density at radius 3 is 3.04 bits per heavy atom. The fourth-order valence-electron chi connectivity index (χ4n) is 3.12. The van der Waals surface area contributed by atoms with Gasteiger partial charge in [0.1, 0.15) is 0 Å². The first-order valence-corrected chi connectivity index (χ1v) is 10.2. The van der Waals surface area contributed by atoms with E-state index >= 15 is 0 Å². The molecule has 0 saturated heterocycles. The van der Waals surface area contributed by atoms with Gasteiger partial charge in [0.25, 0.3) is 0 Å². The molecule has 0 atom stereocenters. The molecule has 8 nitrogen and oxygen atoms in total. The highest BCUT2D eigenvalue weighted by molar-refractivity contribution is 7.14. The number of imidazole rings is 1. The van der Waals surface area contributed by atoms with Gasteiger partial charge in [0, 0.05) is 44.1 Å². The zero-order chi connectivity index (χ0) is 19.5. The summed E-state index contributed by atoms with van der Waals surface area (Å²) in [4.78, 5) is 11.5. The molecule has 28 heavy (non-hydrogen) atoms. The molecule has 1 aliphatic rings. The number of thiophene rings is 1. The number of fused-ring (bicyclic) bond motifs is 1. The summed E-state index contributed by atoms with van der Waals surface area (Å²) in [6.07, 6.45) is 5.90. The Balaban J connectivity index is 1.51. The van der Waals surface area contributed by atoms with Crippen LogP contribution < -0.4 is 21.5 Å². The lowest BCUT2D eigenvalue weighted by molar-refractivity contribution is 0.400. The number of anilines is 2. The molecule has 0 amide bonds. The van der Waals surface area contributed by atoms with Gasteiger partial charge >= 0.3 is 0 Å². The van der Waals surface area contributed by atoms with Gasteiger partial charge in [-0.1, -0.05) is 0 Å². The van der Waals surface area contributed by atoms with Gasteiger partial charge in [-0.25, -0.2) is 15.4 Å². The molecule has 4 N–H and O–H groups in total. The molecule has 0 spiro atoms. The summed E-state index contributed by atoms with van der Waals surface area (Å²) in [6.45, 7) is 5.64. The predicted molar refractivity (Wildman–Crippen MR) is 115 cm³/mol. The van der Waals surface area contributed by atoms with E-state index < -0.39 is 0 Å². The van der Waals surface area contributed by atoms with Crippen molar-refractivity contribution in [2.24, 2.45) is 0 Å². The quantitative estimate of drug-likeness (QED) is 0.432. The molecule has 3 aromatic rings. The van der Waals surface area contributed by atoms with Gasteiger partial charge in [0.05, 0.1) is 22.6 Å². The lowest BCUT2D eigenvalue weighted by Gasteiger charge is -2.09. The highest BCUT2D eigenvalue weighted by atomic mass is 32.1. The summed E-state index contributed by atoms with van der Waals surface area (Å²) in [5, 5.41) is 10.2. The van der Waals surface area contributed by atoms with Crippen molar-refractivity contribution < 1.29 is 0 Å². The summed E-state index contributed by atoms with van der Waals surface area (Å²) in [6, 6.07) is 2.17. The van der Waals surface area contributed by atoms with Gasteiger partial charge in [-0.05, 0) is 38.0 Å². The zero-order valence-corrected chi connectivity index (χ0v) is 17.2. The van der Waals surface area contributed by atoms with Gasteiger partial charge in [-0.3, -0.25) is 4.40 Å². The summed E-state index contributed by atoms with van der Waals surface area (Å²) in [5.74, 6) is 0.778. The van der Waals surface area contributed by atoms with E-state index in [0.717, 1.165) is 54.0 Å². The van der Waals surface area contributed by atoms with Crippen LogP contribution in [0.5, 0.6) is 0 Å². The van der Waals surface area contributed by atoms with Crippen molar-refractivity contribution in [2.75, 3.05) is 39.0 Å². The normalized spacial score (nSPS) is 13.9. The maximum atomic E-state index is 4.68. The minimum Gasteiger partial charge on any atom is -0.329 e. The minimum atomic E-state index is 0.771. The Hall–Kier alpha value is -2.46. The maximum Gasteiger partial charge on any atom is 0.180 e. The zero-order valence-electron chi connectivity index (χ0n) is 16.4. The van der Waals surface area contributed by atoms with Crippen LogP contribution in [0.3, 0.4) is 0 Å². The minimum absolute atomic E-state index is 0.771.